The van der Waals surface area contributed by atoms with Crippen LogP contribution in [0.25, 0.3) is 23.0 Å². The average molecular weight is 411 g/mol. The van der Waals surface area contributed by atoms with Crippen molar-refractivity contribution >= 4 is 0 Å². The van der Waals surface area contributed by atoms with Crippen LogP contribution in [-0.2, 0) is 13.0 Å². The zero-order chi connectivity index (χ0) is 21.2. The number of oxazole rings is 1. The molecular formula is C24H21N5O2. The molecule has 154 valence electrons. The fraction of sp³-hybridized carbons (Fsp3) is 0.125. The van der Waals surface area contributed by atoms with Crippen molar-refractivity contribution in [2.75, 3.05) is 0 Å². The summed E-state index contributed by atoms with van der Waals surface area (Å²) in [5.41, 5.74) is 2.57. The Hall–Kier alpha value is -4.13. The Morgan fingerprint density at radius 2 is 1.68 bits per heavy atom. The van der Waals surface area contributed by atoms with Crippen molar-refractivity contribution in [3.63, 3.8) is 0 Å². The van der Waals surface area contributed by atoms with Gasteiger partial charge in [-0.1, -0.05) is 36.4 Å². The largest absolute Gasteiger partial charge is 0.441 e. The van der Waals surface area contributed by atoms with E-state index in [9.17, 15) is 4.79 Å². The number of imidazole rings is 1. The van der Waals surface area contributed by atoms with E-state index < -0.39 is 0 Å². The molecule has 5 aromatic rings. The van der Waals surface area contributed by atoms with Crippen molar-refractivity contribution in [1.29, 1.82) is 0 Å². The number of hydrogen-bond donors (Lipinski definition) is 0. The summed E-state index contributed by atoms with van der Waals surface area (Å²) in [6.07, 6.45) is 5.85. The summed E-state index contributed by atoms with van der Waals surface area (Å²) in [5, 5.41) is 4.38. The van der Waals surface area contributed by atoms with Gasteiger partial charge in [0, 0.05) is 37.0 Å². The minimum Gasteiger partial charge on any atom is -0.441 e. The van der Waals surface area contributed by atoms with Crippen LogP contribution in [0.3, 0.4) is 0 Å². The Kier molecular flexibility index (Phi) is 4.84. The highest BCUT2D eigenvalue weighted by Gasteiger charge is 2.14. The number of aromatic nitrogens is 5. The maximum absolute atomic E-state index is 13.0. The zero-order valence-corrected chi connectivity index (χ0v) is 17.0. The van der Waals surface area contributed by atoms with Crippen LogP contribution in [0.2, 0.25) is 0 Å². The molecule has 3 heterocycles. The van der Waals surface area contributed by atoms with E-state index in [1.165, 1.54) is 0 Å². The fourth-order valence-corrected chi connectivity index (χ4v) is 3.60. The van der Waals surface area contributed by atoms with Crippen LogP contribution in [0.15, 0.2) is 94.5 Å². The Morgan fingerprint density at radius 1 is 0.935 bits per heavy atom. The molecule has 2 aromatic carbocycles. The highest BCUT2D eigenvalue weighted by molar-refractivity contribution is 5.53. The van der Waals surface area contributed by atoms with E-state index in [1.807, 2.05) is 73.7 Å². The Morgan fingerprint density at radius 3 is 2.45 bits per heavy atom. The van der Waals surface area contributed by atoms with E-state index in [0.29, 0.717) is 24.7 Å². The molecule has 7 nitrogen and oxygen atoms in total. The molecule has 0 bridgehead atoms. The smallest absolute Gasteiger partial charge is 0.333 e. The minimum absolute atomic E-state index is 0.123. The second-order valence-corrected chi connectivity index (χ2v) is 7.22. The first-order valence-corrected chi connectivity index (χ1v) is 10.1. The molecule has 0 fully saturated rings. The number of nitrogens with zero attached hydrogens (tertiary/aromatic N) is 5. The second kappa shape index (κ2) is 7.95. The summed E-state index contributed by atoms with van der Waals surface area (Å²) in [5.74, 6) is 2.07. The van der Waals surface area contributed by atoms with Gasteiger partial charge in [-0.25, -0.2) is 14.5 Å². The predicted octanol–water partition coefficient (Wildman–Crippen LogP) is 4.03. The van der Waals surface area contributed by atoms with Crippen molar-refractivity contribution in [2.24, 2.45) is 0 Å². The molecule has 0 aliphatic carbocycles. The number of aryl methyl sites for hydroxylation is 3. The molecule has 0 saturated carbocycles. The van der Waals surface area contributed by atoms with Crippen molar-refractivity contribution in [3.05, 3.63) is 107 Å². The molecule has 0 aliphatic rings. The molecule has 31 heavy (non-hydrogen) atoms. The van der Waals surface area contributed by atoms with E-state index in [4.69, 9.17) is 4.42 Å². The molecule has 7 heteroatoms. The van der Waals surface area contributed by atoms with Gasteiger partial charge in [0.2, 0.25) is 5.89 Å². The van der Waals surface area contributed by atoms with Gasteiger partial charge < -0.3 is 4.42 Å². The predicted molar refractivity (Wildman–Crippen MR) is 118 cm³/mol. The molecule has 0 spiro atoms. The van der Waals surface area contributed by atoms with Crippen LogP contribution in [0.1, 0.15) is 11.5 Å². The fourth-order valence-electron chi connectivity index (χ4n) is 3.60. The van der Waals surface area contributed by atoms with Gasteiger partial charge in [-0.3, -0.25) is 9.13 Å². The molecule has 3 aromatic heterocycles. The summed E-state index contributed by atoms with van der Waals surface area (Å²) < 4.78 is 10.9. The summed E-state index contributed by atoms with van der Waals surface area (Å²) in [6.45, 7) is 2.41. The van der Waals surface area contributed by atoms with Gasteiger partial charge in [0.15, 0.2) is 0 Å². The first-order valence-electron chi connectivity index (χ1n) is 10.1. The van der Waals surface area contributed by atoms with Gasteiger partial charge in [-0.2, -0.15) is 5.10 Å². The number of benzene rings is 2. The Bertz CT molecular complexity index is 1360. The average Bonchev–Trinajstić information content (AvgIpc) is 3.52. The minimum atomic E-state index is -0.123. The standard InChI is InChI=1S/C24H21N5O2/c1-18-21(26-23(31-18)19-8-4-2-5-9-19)13-15-27-16-17-28(24(27)30)22-12-14-25-29(22)20-10-6-3-7-11-20/h2-12,14,16-17H,13,15H2,1H3. The summed E-state index contributed by atoms with van der Waals surface area (Å²) >= 11 is 0. The number of para-hydroxylation sites is 1. The summed E-state index contributed by atoms with van der Waals surface area (Å²) in [4.78, 5) is 17.7. The van der Waals surface area contributed by atoms with Gasteiger partial charge >= 0.3 is 5.69 Å². The van der Waals surface area contributed by atoms with Gasteiger partial charge in [-0.15, -0.1) is 0 Å². The third kappa shape index (κ3) is 3.61. The molecule has 5 rings (SSSR count). The third-order valence-electron chi connectivity index (χ3n) is 5.22. The highest BCUT2D eigenvalue weighted by atomic mass is 16.4. The van der Waals surface area contributed by atoms with E-state index in [-0.39, 0.29) is 5.69 Å². The van der Waals surface area contributed by atoms with Crippen molar-refractivity contribution < 1.29 is 4.42 Å². The molecule has 0 atom stereocenters. The molecule has 0 N–H and O–H groups in total. The van der Waals surface area contributed by atoms with Crippen LogP contribution in [0, 0.1) is 6.92 Å². The van der Waals surface area contributed by atoms with E-state index in [1.54, 1.807) is 32.4 Å². The second-order valence-electron chi connectivity index (χ2n) is 7.22. The molecular weight excluding hydrogens is 390 g/mol. The van der Waals surface area contributed by atoms with Crippen molar-refractivity contribution in [1.82, 2.24) is 23.9 Å². The lowest BCUT2D eigenvalue weighted by molar-refractivity contribution is 0.537. The summed E-state index contributed by atoms with van der Waals surface area (Å²) in [7, 11) is 0. The van der Waals surface area contributed by atoms with E-state index in [2.05, 4.69) is 10.1 Å². The lowest BCUT2D eigenvalue weighted by Gasteiger charge is -2.07. The van der Waals surface area contributed by atoms with Crippen LogP contribution in [0.5, 0.6) is 0 Å². The highest BCUT2D eigenvalue weighted by Crippen LogP contribution is 2.22. The van der Waals surface area contributed by atoms with Gasteiger partial charge in [0.1, 0.15) is 11.6 Å². The maximum atomic E-state index is 13.0. The van der Waals surface area contributed by atoms with Gasteiger partial charge in [0.05, 0.1) is 17.6 Å². The monoisotopic (exact) mass is 411 g/mol. The van der Waals surface area contributed by atoms with E-state index >= 15 is 0 Å². The van der Waals surface area contributed by atoms with Gasteiger partial charge in [0.25, 0.3) is 0 Å². The van der Waals surface area contributed by atoms with E-state index in [0.717, 1.165) is 22.7 Å². The molecule has 0 radical (unpaired) electrons. The molecule has 0 unspecified atom stereocenters. The Balaban J connectivity index is 1.38. The lowest BCUT2D eigenvalue weighted by Crippen LogP contribution is -2.25. The SMILES string of the molecule is Cc1oc(-c2ccccc2)nc1CCn1ccn(-c2ccnn2-c2ccccc2)c1=O. The third-order valence-corrected chi connectivity index (χ3v) is 5.22. The summed E-state index contributed by atoms with van der Waals surface area (Å²) in [6, 6.07) is 21.4. The number of hydrogen-bond acceptors (Lipinski definition) is 4. The first-order chi connectivity index (χ1) is 15.2. The maximum Gasteiger partial charge on any atom is 0.333 e. The molecule has 0 aliphatic heterocycles. The van der Waals surface area contributed by atoms with Crippen LogP contribution >= 0.6 is 0 Å². The Labute approximate surface area is 178 Å². The molecule has 0 amide bonds. The van der Waals surface area contributed by atoms with Crippen LogP contribution in [0.4, 0.5) is 0 Å². The molecule has 0 saturated heterocycles. The van der Waals surface area contributed by atoms with Gasteiger partial charge in [-0.05, 0) is 31.2 Å². The topological polar surface area (TPSA) is 70.8 Å². The quantitative estimate of drug-likeness (QED) is 0.423. The van der Waals surface area contributed by atoms with Crippen LogP contribution in [-0.4, -0.2) is 23.9 Å². The first kappa shape index (κ1) is 18.9. The van der Waals surface area contributed by atoms with Crippen molar-refractivity contribution in [2.45, 2.75) is 19.9 Å². The van der Waals surface area contributed by atoms with Crippen LogP contribution < -0.4 is 5.69 Å². The lowest BCUT2D eigenvalue weighted by atomic mass is 10.2. The normalized spacial score (nSPS) is 11.1. The van der Waals surface area contributed by atoms with Crippen molar-refractivity contribution in [3.8, 4) is 23.0 Å². The number of rotatable bonds is 6. The zero-order valence-electron chi connectivity index (χ0n) is 17.0.